The van der Waals surface area contributed by atoms with E-state index in [-0.39, 0.29) is 4.90 Å². The molecule has 0 saturated carbocycles. The summed E-state index contributed by atoms with van der Waals surface area (Å²) in [7, 11) is -3.82. The summed E-state index contributed by atoms with van der Waals surface area (Å²) in [6.45, 7) is 3.43. The van der Waals surface area contributed by atoms with Gasteiger partial charge in [0.05, 0.1) is 4.90 Å². The van der Waals surface area contributed by atoms with Crippen molar-refractivity contribution in [1.29, 1.82) is 0 Å². The number of aryl methyl sites for hydroxylation is 1. The lowest BCUT2D eigenvalue weighted by Crippen LogP contribution is -2.21. The quantitative estimate of drug-likeness (QED) is 0.627. The molecule has 4 nitrogen and oxygen atoms in total. The number of hydrogen-bond acceptors (Lipinski definition) is 4. The van der Waals surface area contributed by atoms with Gasteiger partial charge < -0.3 is 4.74 Å². The van der Waals surface area contributed by atoms with Crippen LogP contribution in [0, 0.1) is 6.92 Å². The Labute approximate surface area is 119 Å². The van der Waals surface area contributed by atoms with Crippen LogP contribution in [0.25, 0.3) is 0 Å². The first kappa shape index (κ1) is 14.6. The summed E-state index contributed by atoms with van der Waals surface area (Å²) in [6, 6.07) is 15.4. The molecule has 2 aromatic carbocycles. The Hall–Kier alpha value is -1.85. The number of benzene rings is 2. The predicted octanol–water partition coefficient (Wildman–Crippen LogP) is 3.13. The van der Waals surface area contributed by atoms with E-state index >= 15 is 0 Å². The monoisotopic (exact) mass is 292 g/mol. The van der Waals surface area contributed by atoms with Gasteiger partial charge >= 0.3 is 0 Å². The van der Waals surface area contributed by atoms with Crippen LogP contribution in [0.4, 0.5) is 0 Å². The van der Waals surface area contributed by atoms with E-state index in [2.05, 4.69) is 0 Å². The Morgan fingerprint density at radius 1 is 0.950 bits per heavy atom. The van der Waals surface area contributed by atoms with Crippen LogP contribution in [0.5, 0.6) is 5.75 Å². The maximum atomic E-state index is 12.0. The molecule has 0 amide bonds. The minimum Gasteiger partial charge on any atom is -0.464 e. The van der Waals surface area contributed by atoms with Crippen molar-refractivity contribution in [2.75, 3.05) is 0 Å². The molecule has 5 heteroatoms. The molecule has 0 N–H and O–H groups in total. The molecule has 0 aliphatic carbocycles. The number of para-hydroxylation sites is 1. The summed E-state index contributed by atoms with van der Waals surface area (Å²) in [6.07, 6.45) is -0.899. The maximum absolute atomic E-state index is 12.0. The predicted molar refractivity (Wildman–Crippen MR) is 76.0 cm³/mol. The summed E-state index contributed by atoms with van der Waals surface area (Å²) >= 11 is 0. The van der Waals surface area contributed by atoms with Crippen LogP contribution in [-0.4, -0.2) is 14.7 Å². The van der Waals surface area contributed by atoms with E-state index in [1.807, 2.05) is 13.0 Å². The summed E-state index contributed by atoms with van der Waals surface area (Å²) in [5.41, 5.74) is 0.984. The molecule has 0 fully saturated rings. The second-order valence-electron chi connectivity index (χ2n) is 4.36. The fourth-order valence-corrected chi connectivity index (χ4v) is 2.63. The lowest BCUT2D eigenvalue weighted by atomic mass is 10.2. The van der Waals surface area contributed by atoms with E-state index < -0.39 is 16.4 Å². The molecule has 1 atom stereocenters. The van der Waals surface area contributed by atoms with Gasteiger partial charge in [0.1, 0.15) is 5.75 Å². The molecule has 106 valence electrons. The van der Waals surface area contributed by atoms with Gasteiger partial charge in [-0.2, -0.15) is 8.42 Å². The maximum Gasteiger partial charge on any atom is 0.300 e. The second-order valence-corrected chi connectivity index (χ2v) is 5.93. The molecule has 20 heavy (non-hydrogen) atoms. The van der Waals surface area contributed by atoms with Crippen LogP contribution >= 0.6 is 0 Å². The van der Waals surface area contributed by atoms with E-state index in [4.69, 9.17) is 8.92 Å². The molecule has 0 aromatic heterocycles. The number of hydrogen-bond donors (Lipinski definition) is 0. The molecule has 1 unspecified atom stereocenters. The molecular formula is C15H16O4S. The van der Waals surface area contributed by atoms with Crippen LogP contribution in [0.15, 0.2) is 59.5 Å². The molecule has 0 spiro atoms. The zero-order valence-corrected chi connectivity index (χ0v) is 12.1. The van der Waals surface area contributed by atoms with Gasteiger partial charge in [-0.3, -0.25) is 0 Å². The lowest BCUT2D eigenvalue weighted by Gasteiger charge is -2.15. The highest BCUT2D eigenvalue weighted by Gasteiger charge is 2.19. The first-order valence-electron chi connectivity index (χ1n) is 6.19. The first-order valence-corrected chi connectivity index (χ1v) is 7.60. The Bertz CT molecular complexity index is 648. The van der Waals surface area contributed by atoms with Gasteiger partial charge in [-0.15, -0.1) is 0 Å². The van der Waals surface area contributed by atoms with Gasteiger partial charge in [-0.1, -0.05) is 35.9 Å². The van der Waals surface area contributed by atoms with Crippen LogP contribution < -0.4 is 4.74 Å². The van der Waals surface area contributed by atoms with Crippen LogP contribution in [0.2, 0.25) is 0 Å². The van der Waals surface area contributed by atoms with Crippen molar-refractivity contribution in [2.45, 2.75) is 25.0 Å². The van der Waals surface area contributed by atoms with Crippen molar-refractivity contribution in [2.24, 2.45) is 0 Å². The van der Waals surface area contributed by atoms with Crippen molar-refractivity contribution < 1.29 is 17.3 Å². The molecule has 2 aromatic rings. The van der Waals surface area contributed by atoms with Crippen molar-refractivity contribution in [3.63, 3.8) is 0 Å². The highest BCUT2D eigenvalue weighted by atomic mass is 32.2. The average Bonchev–Trinajstić information content (AvgIpc) is 2.39. The summed E-state index contributed by atoms with van der Waals surface area (Å²) in [4.78, 5) is 0.117. The van der Waals surface area contributed by atoms with E-state index in [0.717, 1.165) is 5.56 Å². The largest absolute Gasteiger partial charge is 0.464 e. The van der Waals surface area contributed by atoms with E-state index in [0.29, 0.717) is 5.75 Å². The SMILES string of the molecule is Cc1ccc(S(=O)(=O)OC(C)Oc2ccccc2)cc1. The van der Waals surface area contributed by atoms with Crippen molar-refractivity contribution in [3.8, 4) is 5.75 Å². The van der Waals surface area contributed by atoms with Crippen LogP contribution in [0.1, 0.15) is 12.5 Å². The zero-order chi connectivity index (χ0) is 14.6. The highest BCUT2D eigenvalue weighted by Crippen LogP contribution is 2.17. The van der Waals surface area contributed by atoms with E-state index in [1.165, 1.54) is 12.1 Å². The molecule has 2 rings (SSSR count). The third-order valence-corrected chi connectivity index (χ3v) is 3.99. The Kier molecular flexibility index (Phi) is 4.42. The summed E-state index contributed by atoms with van der Waals surface area (Å²) in [5.74, 6) is 0.555. The van der Waals surface area contributed by atoms with Crippen molar-refractivity contribution in [1.82, 2.24) is 0 Å². The number of ether oxygens (including phenoxy) is 1. The normalized spacial score (nSPS) is 12.9. The topological polar surface area (TPSA) is 52.6 Å². The minimum absolute atomic E-state index is 0.117. The van der Waals surface area contributed by atoms with Crippen LogP contribution in [-0.2, 0) is 14.3 Å². The van der Waals surface area contributed by atoms with Gasteiger partial charge in [-0.25, -0.2) is 4.18 Å². The third kappa shape index (κ3) is 3.82. The molecule has 0 aliphatic heterocycles. The van der Waals surface area contributed by atoms with Gasteiger partial charge in [0.2, 0.25) is 6.29 Å². The Balaban J connectivity index is 2.06. The van der Waals surface area contributed by atoms with Gasteiger partial charge in [0.25, 0.3) is 10.1 Å². The molecule has 0 radical (unpaired) electrons. The molecule has 0 saturated heterocycles. The molecule has 0 aliphatic rings. The smallest absolute Gasteiger partial charge is 0.300 e. The lowest BCUT2D eigenvalue weighted by molar-refractivity contribution is 0.0282. The molecule has 0 heterocycles. The van der Waals surface area contributed by atoms with E-state index in [1.54, 1.807) is 43.3 Å². The molecule has 0 bridgehead atoms. The Morgan fingerprint density at radius 3 is 2.15 bits per heavy atom. The van der Waals surface area contributed by atoms with Gasteiger partial charge in [-0.05, 0) is 38.1 Å². The van der Waals surface area contributed by atoms with Gasteiger partial charge in [0, 0.05) is 0 Å². The summed E-state index contributed by atoms with van der Waals surface area (Å²) in [5, 5.41) is 0. The second kappa shape index (κ2) is 6.07. The fourth-order valence-electron chi connectivity index (χ4n) is 1.65. The standard InChI is InChI=1S/C15H16O4S/c1-12-8-10-15(11-9-12)20(16,17)19-13(2)18-14-6-4-3-5-7-14/h3-11,13H,1-2H3. The molecular weight excluding hydrogens is 276 g/mol. The minimum atomic E-state index is -3.82. The van der Waals surface area contributed by atoms with E-state index in [9.17, 15) is 8.42 Å². The van der Waals surface area contributed by atoms with Crippen LogP contribution in [0.3, 0.4) is 0 Å². The van der Waals surface area contributed by atoms with Crippen molar-refractivity contribution >= 4 is 10.1 Å². The summed E-state index contributed by atoms with van der Waals surface area (Å²) < 4.78 is 34.5. The zero-order valence-electron chi connectivity index (χ0n) is 11.3. The first-order chi connectivity index (χ1) is 9.47. The third-order valence-electron chi connectivity index (χ3n) is 2.62. The van der Waals surface area contributed by atoms with Gasteiger partial charge in [0.15, 0.2) is 0 Å². The fraction of sp³-hybridized carbons (Fsp3) is 0.200. The number of rotatable bonds is 5. The average molecular weight is 292 g/mol. The highest BCUT2D eigenvalue weighted by molar-refractivity contribution is 7.86. The van der Waals surface area contributed by atoms with Crippen molar-refractivity contribution in [3.05, 3.63) is 60.2 Å². The Morgan fingerprint density at radius 2 is 1.55 bits per heavy atom.